The molecule has 8 nitrogen and oxygen atoms in total. The fraction of sp³-hybridized carbons (Fsp3) is 0.389. The monoisotopic (exact) mass is 647 g/mol. The molecule has 0 radical (unpaired) electrons. The largest absolute Gasteiger partial charge is 0.496 e. The summed E-state index contributed by atoms with van der Waals surface area (Å²) in [6.45, 7) is 1.75. The van der Waals surface area contributed by atoms with Crippen LogP contribution in [0.4, 0.5) is 13.2 Å². The molecule has 3 heterocycles. The Labute approximate surface area is 271 Å². The van der Waals surface area contributed by atoms with Crippen LogP contribution in [0.25, 0.3) is 6.08 Å². The second-order valence-corrected chi connectivity index (χ2v) is 12.1. The highest BCUT2D eigenvalue weighted by Crippen LogP contribution is 2.55. The summed E-state index contributed by atoms with van der Waals surface area (Å²) < 4.78 is 63.3. The minimum Gasteiger partial charge on any atom is -0.496 e. The smallest absolute Gasteiger partial charge is 0.416 e. The lowest BCUT2D eigenvalue weighted by Crippen LogP contribution is -2.68. The molecule has 0 saturated carbocycles. The molecule has 0 N–H and O–H groups in total. The number of hydrogen-bond donors (Lipinski definition) is 0. The molecule has 11 heteroatoms. The maximum absolute atomic E-state index is 13.2. The third kappa shape index (κ3) is 5.49. The van der Waals surface area contributed by atoms with Gasteiger partial charge in [0.15, 0.2) is 11.5 Å². The van der Waals surface area contributed by atoms with Gasteiger partial charge in [-0.15, -0.1) is 0 Å². The van der Waals surface area contributed by atoms with Crippen LogP contribution in [0, 0.1) is 18.3 Å². The quantitative estimate of drug-likeness (QED) is 0.226. The van der Waals surface area contributed by atoms with Crippen molar-refractivity contribution in [2.24, 2.45) is 0 Å². The zero-order chi connectivity index (χ0) is 33.6. The number of fused-ring (bicyclic) bond motifs is 7. The number of hydrogen-bond acceptors (Lipinski definition) is 8. The number of methoxy groups -OCH3 is 3. The summed E-state index contributed by atoms with van der Waals surface area (Å²) in [6, 6.07) is 14.0. The number of esters is 1. The van der Waals surface area contributed by atoms with E-state index in [-0.39, 0.29) is 30.3 Å². The van der Waals surface area contributed by atoms with E-state index < -0.39 is 29.8 Å². The molecular formula is C36H36F3N3O5. The van der Waals surface area contributed by atoms with Gasteiger partial charge in [-0.05, 0) is 61.7 Å². The van der Waals surface area contributed by atoms with Crippen LogP contribution < -0.4 is 14.2 Å². The topological polar surface area (TPSA) is 84.3 Å². The Kier molecular flexibility index (Phi) is 8.68. The number of nitriles is 1. The van der Waals surface area contributed by atoms with E-state index in [1.807, 2.05) is 19.1 Å². The molecule has 0 unspecified atom stereocenters. The molecule has 1 saturated heterocycles. The minimum atomic E-state index is -4.51. The Morgan fingerprint density at radius 1 is 1.00 bits per heavy atom. The van der Waals surface area contributed by atoms with Gasteiger partial charge in [-0.2, -0.15) is 18.4 Å². The standard InChI is InChI=1S/C36H36F3N3O5/c1-20-33(44-3)25-17-27-32-24-12-7-6-10-22(24)16-26(41(32)2)28(18-40)42(27)29(31(25)35(46-5)34(20)45-4)19-47-30(43)14-13-21-9-8-11-23(15-21)36(37,38)39/h6-15,26-29,32H,16-17,19H2,1-5H3/b14-13+/t26-,27-,28-,29-,32+/m0/s1. The second kappa shape index (κ2) is 12.6. The Bertz CT molecular complexity index is 1770. The number of alkyl halides is 3. The molecule has 1 fully saturated rings. The maximum atomic E-state index is 13.2. The normalized spacial score (nSPS) is 23.7. The first-order valence-electron chi connectivity index (χ1n) is 15.3. The van der Waals surface area contributed by atoms with Gasteiger partial charge in [0.1, 0.15) is 18.4 Å². The van der Waals surface area contributed by atoms with Crippen LogP contribution in [0.3, 0.4) is 0 Å². The summed E-state index contributed by atoms with van der Waals surface area (Å²) in [5.41, 5.74) is 4.17. The minimum absolute atomic E-state index is 0.0557. The number of ether oxygens (including phenoxy) is 4. The fourth-order valence-corrected chi connectivity index (χ4v) is 7.86. The van der Waals surface area contributed by atoms with Crippen molar-refractivity contribution in [2.75, 3.05) is 35.0 Å². The molecule has 2 bridgehead atoms. The SMILES string of the molecule is COc1c(C)c(OC)c(OC)c2c1C[C@H]1[C@H]3c4ccccc4C[C@@H]([C@H](C#N)N1[C@H]2COC(=O)/C=C/c1cccc(C(F)(F)F)c1)N3C. The van der Waals surface area contributed by atoms with Crippen molar-refractivity contribution in [2.45, 2.75) is 56.2 Å². The number of nitrogens with zero attached hydrogens (tertiary/aromatic N) is 3. The van der Waals surface area contributed by atoms with Gasteiger partial charge >= 0.3 is 12.1 Å². The molecule has 6 rings (SSSR count). The van der Waals surface area contributed by atoms with Crippen LogP contribution in [-0.4, -0.2) is 68.9 Å². The summed E-state index contributed by atoms with van der Waals surface area (Å²) in [4.78, 5) is 17.6. The van der Waals surface area contributed by atoms with Crippen molar-refractivity contribution in [1.29, 1.82) is 5.26 Å². The zero-order valence-electron chi connectivity index (χ0n) is 26.8. The summed E-state index contributed by atoms with van der Waals surface area (Å²) in [7, 11) is 6.76. The first-order valence-corrected chi connectivity index (χ1v) is 15.3. The fourth-order valence-electron chi connectivity index (χ4n) is 7.86. The molecule has 3 aromatic rings. The highest BCUT2D eigenvalue weighted by Gasteiger charge is 2.55. The van der Waals surface area contributed by atoms with Crippen LogP contribution in [0.15, 0.2) is 54.6 Å². The second-order valence-electron chi connectivity index (χ2n) is 12.1. The average molecular weight is 648 g/mol. The first kappa shape index (κ1) is 32.4. The lowest BCUT2D eigenvalue weighted by Gasteiger charge is -2.59. The van der Waals surface area contributed by atoms with E-state index in [1.165, 1.54) is 29.3 Å². The van der Waals surface area contributed by atoms with Crippen LogP contribution in [0.5, 0.6) is 17.2 Å². The summed E-state index contributed by atoms with van der Waals surface area (Å²) >= 11 is 0. The summed E-state index contributed by atoms with van der Waals surface area (Å²) in [6.07, 6.45) is -0.885. The first-order chi connectivity index (χ1) is 22.5. The molecule has 5 atom stereocenters. The highest BCUT2D eigenvalue weighted by molar-refractivity contribution is 5.87. The van der Waals surface area contributed by atoms with Gasteiger partial charge in [0.25, 0.3) is 0 Å². The van der Waals surface area contributed by atoms with Gasteiger partial charge < -0.3 is 18.9 Å². The van der Waals surface area contributed by atoms with E-state index in [1.54, 1.807) is 21.3 Å². The van der Waals surface area contributed by atoms with Gasteiger partial charge in [-0.1, -0.05) is 36.4 Å². The van der Waals surface area contributed by atoms with Gasteiger partial charge in [0, 0.05) is 34.9 Å². The predicted octanol–water partition coefficient (Wildman–Crippen LogP) is 6.07. The molecule has 0 amide bonds. The number of piperazine rings is 1. The number of carbonyl (C=O) groups excluding carboxylic acids is 1. The third-order valence-corrected chi connectivity index (χ3v) is 9.79. The third-order valence-electron chi connectivity index (χ3n) is 9.79. The Morgan fingerprint density at radius 3 is 2.40 bits per heavy atom. The van der Waals surface area contributed by atoms with Crippen LogP contribution >= 0.6 is 0 Å². The Balaban J connectivity index is 1.43. The van der Waals surface area contributed by atoms with Gasteiger partial charge in [-0.3, -0.25) is 9.80 Å². The molecule has 246 valence electrons. The molecular weight excluding hydrogens is 611 g/mol. The Hall–Kier alpha value is -4.53. The van der Waals surface area contributed by atoms with Crippen molar-refractivity contribution < 1.29 is 36.9 Å². The average Bonchev–Trinajstić information content (AvgIpc) is 3.05. The maximum Gasteiger partial charge on any atom is 0.416 e. The molecule has 0 spiro atoms. The van der Waals surface area contributed by atoms with Crippen LogP contribution in [-0.2, 0) is 28.5 Å². The van der Waals surface area contributed by atoms with Crippen molar-refractivity contribution in [3.05, 3.63) is 93.6 Å². The van der Waals surface area contributed by atoms with Crippen molar-refractivity contribution in [3.8, 4) is 23.3 Å². The van der Waals surface area contributed by atoms with E-state index in [4.69, 9.17) is 18.9 Å². The van der Waals surface area contributed by atoms with Crippen molar-refractivity contribution in [3.63, 3.8) is 0 Å². The number of benzene rings is 3. The van der Waals surface area contributed by atoms with Crippen LogP contribution in [0.2, 0.25) is 0 Å². The van der Waals surface area contributed by atoms with Crippen LogP contribution in [0.1, 0.15) is 51.0 Å². The number of rotatable bonds is 7. The molecule has 3 aliphatic rings. The molecule has 0 aromatic heterocycles. The van der Waals surface area contributed by atoms with E-state index in [0.717, 1.165) is 29.3 Å². The van der Waals surface area contributed by atoms with Crippen molar-refractivity contribution >= 4 is 12.0 Å². The van der Waals surface area contributed by atoms with E-state index in [9.17, 15) is 23.2 Å². The molecule has 3 aromatic carbocycles. The van der Waals surface area contributed by atoms with Gasteiger partial charge in [0.2, 0.25) is 0 Å². The molecule has 3 aliphatic heterocycles. The highest BCUT2D eigenvalue weighted by atomic mass is 19.4. The Morgan fingerprint density at radius 2 is 1.72 bits per heavy atom. The number of likely N-dealkylation sites (N-methyl/N-ethyl adjacent to an activating group) is 1. The number of carbonyl (C=O) groups is 1. The zero-order valence-corrected chi connectivity index (χ0v) is 26.8. The molecule has 0 aliphatic carbocycles. The van der Waals surface area contributed by atoms with E-state index >= 15 is 0 Å². The van der Waals surface area contributed by atoms with E-state index in [2.05, 4.69) is 35.0 Å². The van der Waals surface area contributed by atoms with Gasteiger partial charge in [-0.25, -0.2) is 4.79 Å². The lowest BCUT2D eigenvalue weighted by atomic mass is 9.72. The molecule has 47 heavy (non-hydrogen) atoms. The van der Waals surface area contributed by atoms with E-state index in [0.29, 0.717) is 35.7 Å². The number of halogens is 3. The predicted molar refractivity (Wildman–Crippen MR) is 168 cm³/mol. The van der Waals surface area contributed by atoms with Gasteiger partial charge in [0.05, 0.1) is 45.0 Å². The summed E-state index contributed by atoms with van der Waals surface area (Å²) in [5, 5.41) is 10.7. The summed E-state index contributed by atoms with van der Waals surface area (Å²) in [5.74, 6) is 0.862. The van der Waals surface area contributed by atoms with Crippen molar-refractivity contribution in [1.82, 2.24) is 9.80 Å². The lowest BCUT2D eigenvalue weighted by molar-refractivity contribution is -0.143.